The topological polar surface area (TPSA) is 82.2 Å². The molecule has 1 aromatic heterocycles. The molecular weight excluding hydrogens is 446 g/mol. The summed E-state index contributed by atoms with van der Waals surface area (Å²) in [6.45, 7) is 4.30. The number of aryl methyl sites for hydroxylation is 1. The Kier molecular flexibility index (Phi) is 5.56. The number of aromatic nitrogens is 1. The first-order valence-corrected chi connectivity index (χ1v) is 12.0. The van der Waals surface area contributed by atoms with E-state index < -0.39 is 0 Å². The highest BCUT2D eigenvalue weighted by molar-refractivity contribution is 5.95. The van der Waals surface area contributed by atoms with E-state index in [1.807, 2.05) is 49.4 Å². The van der Waals surface area contributed by atoms with Gasteiger partial charge in [-0.3, -0.25) is 9.78 Å². The molecule has 180 valence electrons. The van der Waals surface area contributed by atoms with Crippen LogP contribution in [0.25, 0.3) is 10.9 Å². The summed E-state index contributed by atoms with van der Waals surface area (Å²) in [7, 11) is 0. The lowest BCUT2D eigenvalue weighted by Gasteiger charge is -2.32. The third kappa shape index (κ3) is 4.56. The normalized spacial score (nSPS) is 19.9. The monoisotopic (exact) mass is 473 g/mol. The summed E-state index contributed by atoms with van der Waals surface area (Å²) in [6, 6.07) is 13.5. The molecule has 0 radical (unpaired) electrons. The molecule has 0 spiro atoms. The van der Waals surface area contributed by atoms with Crippen molar-refractivity contribution in [2.24, 2.45) is 0 Å². The molecule has 1 atom stereocenters. The summed E-state index contributed by atoms with van der Waals surface area (Å²) < 4.78 is 23.8. The van der Waals surface area contributed by atoms with Crippen molar-refractivity contribution in [2.75, 3.05) is 31.6 Å². The van der Waals surface area contributed by atoms with Gasteiger partial charge in [-0.1, -0.05) is 0 Å². The number of fused-ring (bicyclic) bond motifs is 4. The van der Waals surface area contributed by atoms with Crippen LogP contribution in [0.1, 0.15) is 18.5 Å². The summed E-state index contributed by atoms with van der Waals surface area (Å²) in [5, 5.41) is 3.79. The molecule has 2 aromatic carbocycles. The van der Waals surface area contributed by atoms with E-state index in [-0.39, 0.29) is 24.7 Å². The number of ether oxygens (including phenoxy) is 4. The molecule has 1 fully saturated rings. The number of hydrogen-bond donors (Lipinski definition) is 1. The summed E-state index contributed by atoms with van der Waals surface area (Å²) in [6.07, 6.45) is 5.96. The van der Waals surface area contributed by atoms with Crippen molar-refractivity contribution in [1.82, 2.24) is 9.88 Å². The molecule has 0 aliphatic carbocycles. The first kappa shape index (κ1) is 21.6. The van der Waals surface area contributed by atoms with Crippen LogP contribution >= 0.6 is 0 Å². The van der Waals surface area contributed by atoms with Gasteiger partial charge in [-0.05, 0) is 55.6 Å². The van der Waals surface area contributed by atoms with Crippen molar-refractivity contribution in [2.45, 2.75) is 32.0 Å². The van der Waals surface area contributed by atoms with Gasteiger partial charge in [-0.15, -0.1) is 0 Å². The van der Waals surface area contributed by atoms with E-state index in [9.17, 15) is 4.79 Å². The average molecular weight is 474 g/mol. The van der Waals surface area contributed by atoms with Gasteiger partial charge in [0.15, 0.2) is 24.2 Å². The fraction of sp³-hybridized carbons (Fsp3) is 0.333. The van der Waals surface area contributed by atoms with Gasteiger partial charge in [-0.25, -0.2) is 0 Å². The lowest BCUT2D eigenvalue weighted by molar-refractivity contribution is -0.118. The third-order valence-electron chi connectivity index (χ3n) is 6.47. The van der Waals surface area contributed by atoms with Gasteiger partial charge in [-0.2, -0.15) is 0 Å². The Bertz CT molecular complexity index is 1300. The Balaban J connectivity index is 1.04. The van der Waals surface area contributed by atoms with E-state index >= 15 is 0 Å². The van der Waals surface area contributed by atoms with Crippen molar-refractivity contribution in [1.29, 1.82) is 0 Å². The van der Waals surface area contributed by atoms with Crippen molar-refractivity contribution >= 4 is 22.5 Å². The van der Waals surface area contributed by atoms with Crippen LogP contribution in [0.15, 0.2) is 54.7 Å². The maximum atomic E-state index is 11.6. The van der Waals surface area contributed by atoms with Gasteiger partial charge in [0.05, 0.1) is 11.2 Å². The number of carbonyl (C=O) groups is 1. The summed E-state index contributed by atoms with van der Waals surface area (Å²) in [5.41, 5.74) is 2.55. The van der Waals surface area contributed by atoms with Gasteiger partial charge in [0, 0.05) is 43.1 Å². The molecule has 35 heavy (non-hydrogen) atoms. The first-order valence-electron chi connectivity index (χ1n) is 12.0. The van der Waals surface area contributed by atoms with E-state index in [2.05, 4.69) is 27.5 Å². The highest BCUT2D eigenvalue weighted by Crippen LogP contribution is 2.38. The lowest BCUT2D eigenvalue weighted by atomic mass is 10.1. The van der Waals surface area contributed by atoms with Crippen LogP contribution in [0, 0.1) is 6.92 Å². The molecule has 8 nitrogen and oxygen atoms in total. The van der Waals surface area contributed by atoms with E-state index in [0.29, 0.717) is 18.0 Å². The second-order valence-electron chi connectivity index (χ2n) is 9.07. The van der Waals surface area contributed by atoms with Crippen LogP contribution in [0.5, 0.6) is 23.0 Å². The largest absolute Gasteiger partial charge is 0.490 e. The Morgan fingerprint density at radius 3 is 2.83 bits per heavy atom. The van der Waals surface area contributed by atoms with Crippen LogP contribution in [0.3, 0.4) is 0 Å². The number of nitrogens with zero attached hydrogens (tertiary/aromatic N) is 2. The molecule has 1 N–H and O–H groups in total. The highest BCUT2D eigenvalue weighted by Gasteiger charge is 2.24. The standard InChI is InChI=1S/C27H27N3O5/c1-17-2-4-21-22(28-17)5-7-25-27(21)35-20(15-32-25)10-13-30-11-8-18(9-12-30)34-19-3-6-24-23(14-19)29-26(31)16-33-24/h2-7,10,13-14,18,20H,8-9,11-12,15-16H2,1H3,(H,29,31)/b13-10+. The van der Waals surface area contributed by atoms with Crippen molar-refractivity contribution < 1.29 is 23.7 Å². The Morgan fingerprint density at radius 1 is 1.09 bits per heavy atom. The quantitative estimate of drug-likeness (QED) is 0.612. The van der Waals surface area contributed by atoms with E-state index in [1.54, 1.807) is 0 Å². The zero-order valence-corrected chi connectivity index (χ0v) is 19.5. The predicted molar refractivity (Wildman–Crippen MR) is 131 cm³/mol. The van der Waals surface area contributed by atoms with Crippen LogP contribution < -0.4 is 24.3 Å². The minimum Gasteiger partial charge on any atom is -0.490 e. The second-order valence-corrected chi connectivity index (χ2v) is 9.07. The number of benzene rings is 2. The van der Waals surface area contributed by atoms with E-state index in [0.717, 1.165) is 59.8 Å². The van der Waals surface area contributed by atoms with Gasteiger partial charge in [0.2, 0.25) is 0 Å². The Morgan fingerprint density at radius 2 is 1.94 bits per heavy atom. The smallest absolute Gasteiger partial charge is 0.262 e. The molecule has 3 aromatic rings. The van der Waals surface area contributed by atoms with Gasteiger partial charge in [0.1, 0.15) is 24.2 Å². The summed E-state index contributed by atoms with van der Waals surface area (Å²) in [5.74, 6) is 2.79. The number of nitrogens with one attached hydrogen (secondary N) is 1. The first-order chi connectivity index (χ1) is 17.1. The maximum absolute atomic E-state index is 11.6. The average Bonchev–Trinajstić information content (AvgIpc) is 2.87. The van der Waals surface area contributed by atoms with Gasteiger partial charge < -0.3 is 29.2 Å². The molecule has 1 amide bonds. The van der Waals surface area contributed by atoms with E-state index in [4.69, 9.17) is 18.9 Å². The third-order valence-corrected chi connectivity index (χ3v) is 6.47. The van der Waals surface area contributed by atoms with E-state index in [1.165, 1.54) is 0 Å². The number of pyridine rings is 1. The minimum atomic E-state index is -0.156. The van der Waals surface area contributed by atoms with Gasteiger partial charge >= 0.3 is 0 Å². The van der Waals surface area contributed by atoms with Crippen LogP contribution in [-0.4, -0.2) is 54.3 Å². The van der Waals surface area contributed by atoms with Crippen molar-refractivity contribution in [3.8, 4) is 23.0 Å². The zero-order chi connectivity index (χ0) is 23.8. The SMILES string of the molecule is Cc1ccc2c3c(ccc2n1)OCC(/C=C/N1CCC(Oc2ccc4c(c2)NC(=O)CO4)CC1)O3. The second kappa shape index (κ2) is 9.02. The summed E-state index contributed by atoms with van der Waals surface area (Å²) >= 11 is 0. The number of hydrogen-bond acceptors (Lipinski definition) is 7. The summed E-state index contributed by atoms with van der Waals surface area (Å²) in [4.78, 5) is 18.4. The van der Waals surface area contributed by atoms with Crippen LogP contribution in [-0.2, 0) is 4.79 Å². The molecule has 1 unspecified atom stereocenters. The fourth-order valence-corrected chi connectivity index (χ4v) is 4.63. The molecule has 0 bridgehead atoms. The molecule has 3 aliphatic rings. The molecule has 3 aliphatic heterocycles. The number of anilines is 1. The Hall–Kier alpha value is -3.94. The highest BCUT2D eigenvalue weighted by atomic mass is 16.6. The number of carbonyl (C=O) groups excluding carboxylic acids is 1. The van der Waals surface area contributed by atoms with Gasteiger partial charge in [0.25, 0.3) is 5.91 Å². The predicted octanol–water partition coefficient (Wildman–Crippen LogP) is 4.07. The molecular formula is C27H27N3O5. The van der Waals surface area contributed by atoms with Crippen LogP contribution in [0.4, 0.5) is 5.69 Å². The molecule has 0 saturated carbocycles. The molecule has 4 heterocycles. The number of piperidine rings is 1. The molecule has 6 rings (SSSR count). The lowest BCUT2D eigenvalue weighted by Crippen LogP contribution is -2.36. The fourth-order valence-electron chi connectivity index (χ4n) is 4.63. The minimum absolute atomic E-state index is 0.0528. The Labute approximate surface area is 203 Å². The number of likely N-dealkylation sites (tertiary alicyclic amines) is 1. The van der Waals surface area contributed by atoms with Crippen LogP contribution in [0.2, 0.25) is 0 Å². The molecule has 8 heteroatoms. The maximum Gasteiger partial charge on any atom is 0.262 e. The van der Waals surface area contributed by atoms with Crippen molar-refractivity contribution in [3.05, 3.63) is 60.4 Å². The number of rotatable bonds is 4. The van der Waals surface area contributed by atoms with Crippen molar-refractivity contribution in [3.63, 3.8) is 0 Å². The molecule has 1 saturated heterocycles. The number of amides is 1. The zero-order valence-electron chi connectivity index (χ0n) is 19.5.